The molecule has 1 saturated heterocycles. The molecule has 0 spiro atoms. The van der Waals surface area contributed by atoms with Crippen LogP contribution in [0.5, 0.6) is 0 Å². The molecule has 0 saturated carbocycles. The zero-order chi connectivity index (χ0) is 14.8. The second-order valence-electron chi connectivity index (χ2n) is 4.76. The summed E-state index contributed by atoms with van der Waals surface area (Å²) in [6, 6.07) is 4.59. The first kappa shape index (κ1) is 15.9. The van der Waals surface area contributed by atoms with Crippen LogP contribution in [0.3, 0.4) is 0 Å². The van der Waals surface area contributed by atoms with Crippen molar-refractivity contribution in [3.63, 3.8) is 0 Å². The van der Waals surface area contributed by atoms with Crippen LogP contribution in [-0.2, 0) is 10.2 Å². The van der Waals surface area contributed by atoms with Crippen molar-refractivity contribution in [2.75, 3.05) is 24.4 Å². The monoisotopic (exact) mass is 338 g/mol. The van der Waals surface area contributed by atoms with E-state index in [1.807, 2.05) is 0 Å². The van der Waals surface area contributed by atoms with Gasteiger partial charge in [-0.3, -0.25) is 4.72 Å². The highest BCUT2D eigenvalue weighted by Crippen LogP contribution is 2.27. The van der Waals surface area contributed by atoms with Gasteiger partial charge in [0.25, 0.3) is 0 Å². The van der Waals surface area contributed by atoms with E-state index in [-0.39, 0.29) is 17.5 Å². The Morgan fingerprint density at radius 1 is 1.30 bits per heavy atom. The van der Waals surface area contributed by atoms with Crippen LogP contribution in [0.15, 0.2) is 18.2 Å². The zero-order valence-corrected chi connectivity index (χ0v) is 13.0. The number of nitrogens with one attached hydrogen (secondary N) is 1. The molecule has 0 aromatic heterocycles. The standard InChI is InChI=1S/C12H16Cl2N2O3S/c13-10-1-2-12(11(14)7-10)15-20(18,19)16-5-3-9(8-17)4-6-16/h1-2,7,9,15,17H,3-6,8H2. The quantitative estimate of drug-likeness (QED) is 0.885. The summed E-state index contributed by atoms with van der Waals surface area (Å²) in [5, 5.41) is 9.77. The van der Waals surface area contributed by atoms with Crippen molar-refractivity contribution in [3.05, 3.63) is 28.2 Å². The SMILES string of the molecule is O=S(=O)(Nc1ccc(Cl)cc1Cl)N1CCC(CO)CC1. The van der Waals surface area contributed by atoms with Crippen LogP contribution in [-0.4, -0.2) is 37.5 Å². The Bertz CT molecular complexity index is 572. The van der Waals surface area contributed by atoms with Gasteiger partial charge in [-0.1, -0.05) is 23.2 Å². The summed E-state index contributed by atoms with van der Waals surface area (Å²) in [5.74, 6) is 0.181. The van der Waals surface area contributed by atoms with E-state index in [9.17, 15) is 8.42 Å². The molecule has 112 valence electrons. The number of anilines is 1. The topological polar surface area (TPSA) is 69.6 Å². The van der Waals surface area contributed by atoms with Gasteiger partial charge in [-0.05, 0) is 37.0 Å². The lowest BCUT2D eigenvalue weighted by atomic mass is 10.00. The van der Waals surface area contributed by atoms with E-state index in [4.69, 9.17) is 28.3 Å². The summed E-state index contributed by atoms with van der Waals surface area (Å²) < 4.78 is 28.3. The summed E-state index contributed by atoms with van der Waals surface area (Å²) in [6.45, 7) is 0.891. The lowest BCUT2D eigenvalue weighted by Crippen LogP contribution is -2.42. The van der Waals surface area contributed by atoms with Crippen LogP contribution in [0.25, 0.3) is 0 Å². The largest absolute Gasteiger partial charge is 0.396 e. The maximum atomic E-state index is 12.2. The highest BCUT2D eigenvalue weighted by atomic mass is 35.5. The zero-order valence-electron chi connectivity index (χ0n) is 10.7. The number of halogens is 2. The highest BCUT2D eigenvalue weighted by Gasteiger charge is 2.28. The van der Waals surface area contributed by atoms with Gasteiger partial charge in [0, 0.05) is 24.7 Å². The Morgan fingerprint density at radius 2 is 1.95 bits per heavy atom. The number of hydrogen-bond acceptors (Lipinski definition) is 3. The third-order valence-corrected chi connectivity index (χ3v) is 5.41. The molecule has 0 atom stereocenters. The average molecular weight is 339 g/mol. The molecular formula is C12H16Cl2N2O3S. The van der Waals surface area contributed by atoms with E-state index < -0.39 is 10.2 Å². The second kappa shape index (κ2) is 6.49. The normalized spacial score (nSPS) is 18.1. The number of rotatable bonds is 4. The number of aliphatic hydroxyl groups excluding tert-OH is 1. The molecule has 8 heteroatoms. The van der Waals surface area contributed by atoms with Crippen molar-refractivity contribution in [2.24, 2.45) is 5.92 Å². The fraction of sp³-hybridized carbons (Fsp3) is 0.500. The molecule has 1 heterocycles. The van der Waals surface area contributed by atoms with E-state index in [0.29, 0.717) is 36.6 Å². The number of hydrogen-bond donors (Lipinski definition) is 2. The summed E-state index contributed by atoms with van der Waals surface area (Å²) in [5.41, 5.74) is 0.306. The molecule has 2 rings (SSSR count). The van der Waals surface area contributed by atoms with Crippen LogP contribution >= 0.6 is 23.2 Å². The van der Waals surface area contributed by atoms with Crippen LogP contribution < -0.4 is 4.72 Å². The molecule has 0 aliphatic carbocycles. The van der Waals surface area contributed by atoms with Crippen molar-refractivity contribution >= 4 is 39.1 Å². The van der Waals surface area contributed by atoms with Crippen molar-refractivity contribution < 1.29 is 13.5 Å². The van der Waals surface area contributed by atoms with E-state index in [1.165, 1.54) is 16.4 Å². The molecule has 1 aliphatic heterocycles. The summed E-state index contributed by atoms with van der Waals surface area (Å²) in [4.78, 5) is 0. The lowest BCUT2D eigenvalue weighted by Gasteiger charge is -2.30. The highest BCUT2D eigenvalue weighted by molar-refractivity contribution is 7.90. The van der Waals surface area contributed by atoms with Crippen LogP contribution in [0.1, 0.15) is 12.8 Å². The molecule has 0 bridgehead atoms. The minimum Gasteiger partial charge on any atom is -0.396 e. The molecule has 5 nitrogen and oxygen atoms in total. The third kappa shape index (κ3) is 3.77. The van der Waals surface area contributed by atoms with Gasteiger partial charge >= 0.3 is 10.2 Å². The fourth-order valence-corrected chi connectivity index (χ4v) is 3.90. The smallest absolute Gasteiger partial charge is 0.301 e. The van der Waals surface area contributed by atoms with E-state index in [0.717, 1.165) is 0 Å². The predicted octanol–water partition coefficient (Wildman–Crippen LogP) is 2.35. The first-order valence-corrected chi connectivity index (χ1v) is 8.46. The van der Waals surface area contributed by atoms with Crippen molar-refractivity contribution in [1.29, 1.82) is 0 Å². The summed E-state index contributed by atoms with van der Waals surface area (Å²) in [7, 11) is -3.63. The third-order valence-electron chi connectivity index (χ3n) is 3.34. The molecule has 1 aromatic rings. The van der Waals surface area contributed by atoms with Gasteiger partial charge in [0.1, 0.15) is 0 Å². The van der Waals surface area contributed by atoms with Crippen LogP contribution in [0, 0.1) is 5.92 Å². The molecule has 0 amide bonds. The molecule has 0 unspecified atom stereocenters. The maximum Gasteiger partial charge on any atom is 0.301 e. The summed E-state index contributed by atoms with van der Waals surface area (Å²) in [6.07, 6.45) is 1.32. The van der Waals surface area contributed by atoms with Gasteiger partial charge < -0.3 is 5.11 Å². The van der Waals surface area contributed by atoms with Crippen LogP contribution in [0.4, 0.5) is 5.69 Å². The van der Waals surface area contributed by atoms with E-state index in [2.05, 4.69) is 4.72 Å². The van der Waals surface area contributed by atoms with Crippen molar-refractivity contribution in [3.8, 4) is 0 Å². The van der Waals surface area contributed by atoms with Gasteiger partial charge in [-0.15, -0.1) is 0 Å². The minimum absolute atomic E-state index is 0.102. The number of aliphatic hydroxyl groups is 1. The minimum atomic E-state index is -3.63. The first-order valence-electron chi connectivity index (χ1n) is 6.26. The second-order valence-corrected chi connectivity index (χ2v) is 7.27. The molecule has 0 radical (unpaired) electrons. The number of benzene rings is 1. The number of piperidine rings is 1. The Hall–Kier alpha value is -0.530. The molecular weight excluding hydrogens is 323 g/mol. The lowest BCUT2D eigenvalue weighted by molar-refractivity contribution is 0.170. The van der Waals surface area contributed by atoms with Gasteiger partial charge in [-0.25, -0.2) is 0 Å². The van der Waals surface area contributed by atoms with Gasteiger partial charge in [0.05, 0.1) is 10.7 Å². The molecule has 1 fully saturated rings. The Morgan fingerprint density at radius 3 is 2.50 bits per heavy atom. The molecule has 1 aromatic carbocycles. The van der Waals surface area contributed by atoms with Gasteiger partial charge in [-0.2, -0.15) is 12.7 Å². The average Bonchev–Trinajstić information content (AvgIpc) is 2.42. The van der Waals surface area contributed by atoms with Gasteiger partial charge in [0.2, 0.25) is 0 Å². The van der Waals surface area contributed by atoms with Crippen molar-refractivity contribution in [1.82, 2.24) is 4.31 Å². The first-order chi connectivity index (χ1) is 9.42. The predicted molar refractivity (Wildman–Crippen MR) is 80.4 cm³/mol. The van der Waals surface area contributed by atoms with E-state index in [1.54, 1.807) is 6.07 Å². The molecule has 2 N–H and O–H groups in total. The summed E-state index contributed by atoms with van der Waals surface area (Å²) >= 11 is 11.7. The fourth-order valence-electron chi connectivity index (χ4n) is 2.11. The van der Waals surface area contributed by atoms with Gasteiger partial charge in [0.15, 0.2) is 0 Å². The Labute approximate surface area is 128 Å². The van der Waals surface area contributed by atoms with Crippen molar-refractivity contribution in [2.45, 2.75) is 12.8 Å². The molecule has 20 heavy (non-hydrogen) atoms. The number of nitrogens with zero attached hydrogens (tertiary/aromatic N) is 1. The van der Waals surface area contributed by atoms with E-state index >= 15 is 0 Å². The Kier molecular flexibility index (Phi) is 5.14. The maximum absolute atomic E-state index is 12.2. The molecule has 1 aliphatic rings. The van der Waals surface area contributed by atoms with Crippen LogP contribution in [0.2, 0.25) is 10.0 Å². The Balaban J connectivity index is 2.08.